The number of likely N-dealkylation sites (N-methyl/N-ethyl adjacent to an activating group) is 1. The van der Waals surface area contributed by atoms with Gasteiger partial charge in [0.2, 0.25) is 0 Å². The molecule has 0 fully saturated rings. The summed E-state index contributed by atoms with van der Waals surface area (Å²) in [5.41, 5.74) is 1.60. The van der Waals surface area contributed by atoms with Crippen LogP contribution in [0.4, 0.5) is 5.82 Å². The summed E-state index contributed by atoms with van der Waals surface area (Å²) < 4.78 is 5.18. The van der Waals surface area contributed by atoms with Crippen LogP contribution in [0, 0.1) is 0 Å². The quantitative estimate of drug-likeness (QED) is 0.893. The molecule has 104 valence electrons. The van der Waals surface area contributed by atoms with Gasteiger partial charge < -0.3 is 14.7 Å². The van der Waals surface area contributed by atoms with E-state index in [4.69, 9.17) is 9.84 Å². The number of aliphatic carboxylic acids is 1. The standard InChI is InChI=1S/C14H15N3O3/c1-17(8-14(18)19)13-7-12(15-9-16-13)10-4-3-5-11(6-10)20-2/h3-7,9H,8H2,1-2H3,(H,18,19). The Kier molecular flexibility index (Phi) is 4.14. The van der Waals surface area contributed by atoms with Gasteiger partial charge in [-0.05, 0) is 12.1 Å². The van der Waals surface area contributed by atoms with E-state index in [0.717, 1.165) is 11.3 Å². The third-order valence-corrected chi connectivity index (χ3v) is 2.78. The van der Waals surface area contributed by atoms with Gasteiger partial charge in [-0.15, -0.1) is 0 Å². The molecular weight excluding hydrogens is 258 g/mol. The number of carboxylic acids is 1. The average molecular weight is 273 g/mol. The van der Waals surface area contributed by atoms with Gasteiger partial charge in [-0.25, -0.2) is 9.97 Å². The molecule has 20 heavy (non-hydrogen) atoms. The van der Waals surface area contributed by atoms with Crippen LogP contribution in [-0.4, -0.2) is 41.7 Å². The molecule has 1 aromatic carbocycles. The maximum Gasteiger partial charge on any atom is 0.323 e. The second-order valence-corrected chi connectivity index (χ2v) is 4.24. The van der Waals surface area contributed by atoms with E-state index in [1.54, 1.807) is 25.1 Å². The number of hydrogen-bond donors (Lipinski definition) is 1. The number of aromatic nitrogens is 2. The van der Waals surface area contributed by atoms with Crippen molar-refractivity contribution < 1.29 is 14.6 Å². The molecule has 0 amide bonds. The van der Waals surface area contributed by atoms with Crippen molar-refractivity contribution in [3.8, 4) is 17.0 Å². The molecule has 0 unspecified atom stereocenters. The van der Waals surface area contributed by atoms with E-state index in [2.05, 4.69) is 9.97 Å². The first-order valence-electron chi connectivity index (χ1n) is 5.99. The molecule has 0 saturated heterocycles. The van der Waals surface area contributed by atoms with Gasteiger partial charge in [-0.1, -0.05) is 12.1 Å². The Bertz CT molecular complexity index is 616. The Morgan fingerprint density at radius 2 is 2.15 bits per heavy atom. The number of nitrogens with zero attached hydrogens (tertiary/aromatic N) is 3. The topological polar surface area (TPSA) is 75.5 Å². The highest BCUT2D eigenvalue weighted by molar-refractivity contribution is 5.73. The fourth-order valence-corrected chi connectivity index (χ4v) is 1.78. The van der Waals surface area contributed by atoms with Crippen LogP contribution in [0.15, 0.2) is 36.7 Å². The van der Waals surface area contributed by atoms with Crippen LogP contribution in [0.5, 0.6) is 5.75 Å². The monoisotopic (exact) mass is 273 g/mol. The predicted molar refractivity (Wildman–Crippen MR) is 74.9 cm³/mol. The normalized spacial score (nSPS) is 10.1. The largest absolute Gasteiger partial charge is 0.497 e. The van der Waals surface area contributed by atoms with Crippen molar-refractivity contribution in [3.05, 3.63) is 36.7 Å². The third kappa shape index (κ3) is 3.23. The van der Waals surface area contributed by atoms with Crippen molar-refractivity contribution in [2.75, 3.05) is 25.6 Å². The van der Waals surface area contributed by atoms with Crippen molar-refractivity contribution in [2.45, 2.75) is 0 Å². The van der Waals surface area contributed by atoms with Crippen LogP contribution in [0.25, 0.3) is 11.3 Å². The molecule has 0 aliphatic heterocycles. The summed E-state index contributed by atoms with van der Waals surface area (Å²) >= 11 is 0. The van der Waals surface area contributed by atoms with Crippen LogP contribution >= 0.6 is 0 Å². The van der Waals surface area contributed by atoms with Crippen LogP contribution < -0.4 is 9.64 Å². The average Bonchev–Trinajstić information content (AvgIpc) is 2.47. The van der Waals surface area contributed by atoms with E-state index in [1.165, 1.54) is 6.33 Å². The van der Waals surface area contributed by atoms with Gasteiger partial charge in [0.1, 0.15) is 24.4 Å². The van der Waals surface area contributed by atoms with E-state index in [9.17, 15) is 4.79 Å². The van der Waals surface area contributed by atoms with E-state index < -0.39 is 5.97 Å². The predicted octanol–water partition coefficient (Wildman–Crippen LogP) is 1.67. The Labute approximate surface area is 116 Å². The number of carboxylic acid groups (broad SMARTS) is 1. The molecule has 0 saturated carbocycles. The second-order valence-electron chi connectivity index (χ2n) is 4.24. The smallest absolute Gasteiger partial charge is 0.323 e. The summed E-state index contributed by atoms with van der Waals surface area (Å²) in [4.78, 5) is 20.6. The van der Waals surface area contributed by atoms with Gasteiger partial charge in [0.25, 0.3) is 0 Å². The van der Waals surface area contributed by atoms with Crippen molar-refractivity contribution >= 4 is 11.8 Å². The van der Waals surface area contributed by atoms with Crippen molar-refractivity contribution in [1.82, 2.24) is 9.97 Å². The first kappa shape index (κ1) is 13.8. The lowest BCUT2D eigenvalue weighted by Gasteiger charge is -2.15. The zero-order valence-electron chi connectivity index (χ0n) is 11.3. The summed E-state index contributed by atoms with van der Waals surface area (Å²) in [5, 5.41) is 8.80. The van der Waals surface area contributed by atoms with Gasteiger partial charge in [0.15, 0.2) is 0 Å². The Hall–Kier alpha value is -2.63. The lowest BCUT2D eigenvalue weighted by Crippen LogP contribution is -2.25. The lowest BCUT2D eigenvalue weighted by molar-refractivity contribution is -0.135. The summed E-state index contributed by atoms with van der Waals surface area (Å²) in [6.07, 6.45) is 1.42. The molecule has 0 atom stereocenters. The van der Waals surface area contributed by atoms with Crippen molar-refractivity contribution in [1.29, 1.82) is 0 Å². The van der Waals surface area contributed by atoms with Crippen LogP contribution in [-0.2, 0) is 4.79 Å². The summed E-state index contributed by atoms with van der Waals surface area (Å²) in [5.74, 6) is 0.385. The Balaban J connectivity index is 2.31. The minimum absolute atomic E-state index is 0.117. The van der Waals surface area contributed by atoms with Crippen LogP contribution in [0.2, 0.25) is 0 Å². The maximum absolute atomic E-state index is 10.7. The molecule has 0 aliphatic rings. The molecular formula is C14H15N3O3. The highest BCUT2D eigenvalue weighted by Crippen LogP contribution is 2.23. The minimum Gasteiger partial charge on any atom is -0.497 e. The van der Waals surface area contributed by atoms with E-state index in [-0.39, 0.29) is 6.54 Å². The van der Waals surface area contributed by atoms with E-state index in [1.807, 2.05) is 24.3 Å². The SMILES string of the molecule is COc1cccc(-c2cc(N(C)CC(=O)O)ncn2)c1. The number of carbonyl (C=O) groups is 1. The number of ether oxygens (including phenoxy) is 1. The Morgan fingerprint density at radius 1 is 1.35 bits per heavy atom. The number of benzene rings is 1. The van der Waals surface area contributed by atoms with Crippen molar-refractivity contribution in [3.63, 3.8) is 0 Å². The Morgan fingerprint density at radius 3 is 2.85 bits per heavy atom. The van der Waals surface area contributed by atoms with E-state index >= 15 is 0 Å². The molecule has 0 aliphatic carbocycles. The van der Waals surface area contributed by atoms with E-state index in [0.29, 0.717) is 11.5 Å². The zero-order chi connectivity index (χ0) is 14.5. The van der Waals surface area contributed by atoms with Gasteiger partial charge in [0.05, 0.1) is 12.8 Å². The number of methoxy groups -OCH3 is 1. The number of hydrogen-bond acceptors (Lipinski definition) is 5. The molecule has 6 nitrogen and oxygen atoms in total. The molecule has 0 bridgehead atoms. The zero-order valence-corrected chi connectivity index (χ0v) is 11.3. The molecule has 2 rings (SSSR count). The second kappa shape index (κ2) is 6.01. The number of rotatable bonds is 5. The number of anilines is 1. The molecule has 2 aromatic rings. The molecule has 1 N–H and O–H groups in total. The lowest BCUT2D eigenvalue weighted by atomic mass is 10.1. The fourth-order valence-electron chi connectivity index (χ4n) is 1.78. The van der Waals surface area contributed by atoms with Gasteiger partial charge >= 0.3 is 5.97 Å². The highest BCUT2D eigenvalue weighted by Gasteiger charge is 2.09. The van der Waals surface area contributed by atoms with Crippen molar-refractivity contribution in [2.24, 2.45) is 0 Å². The first-order chi connectivity index (χ1) is 9.60. The first-order valence-corrected chi connectivity index (χ1v) is 5.99. The molecule has 1 aromatic heterocycles. The van der Waals surface area contributed by atoms with Crippen LogP contribution in [0.3, 0.4) is 0 Å². The summed E-state index contributed by atoms with van der Waals surface area (Å²) in [6, 6.07) is 9.24. The maximum atomic E-state index is 10.7. The van der Waals surface area contributed by atoms with Gasteiger partial charge in [-0.3, -0.25) is 4.79 Å². The van der Waals surface area contributed by atoms with Gasteiger partial charge in [0, 0.05) is 18.7 Å². The summed E-state index contributed by atoms with van der Waals surface area (Å²) in [6.45, 7) is -0.117. The summed E-state index contributed by atoms with van der Waals surface area (Å²) in [7, 11) is 3.27. The van der Waals surface area contributed by atoms with Gasteiger partial charge in [-0.2, -0.15) is 0 Å². The highest BCUT2D eigenvalue weighted by atomic mass is 16.5. The molecule has 6 heteroatoms. The third-order valence-electron chi connectivity index (χ3n) is 2.78. The molecule has 0 radical (unpaired) electrons. The van der Waals surface area contributed by atoms with Crippen LogP contribution in [0.1, 0.15) is 0 Å². The molecule has 1 heterocycles. The fraction of sp³-hybridized carbons (Fsp3) is 0.214. The molecule has 0 spiro atoms. The minimum atomic E-state index is -0.908.